The van der Waals surface area contributed by atoms with Crippen molar-refractivity contribution >= 4 is 0 Å². The average molecular weight is 180 g/mol. The molecule has 2 heteroatoms. The maximum atomic E-state index is 4.06. The minimum Gasteiger partial charge on any atom is -0.372 e. The monoisotopic (exact) mass is 180 g/mol. The van der Waals surface area contributed by atoms with Gasteiger partial charge in [-0.1, -0.05) is 6.58 Å². The highest BCUT2D eigenvalue weighted by Crippen LogP contribution is 2.30. The second kappa shape index (κ2) is 3.70. The van der Waals surface area contributed by atoms with Crippen LogP contribution < -0.4 is 5.32 Å². The van der Waals surface area contributed by atoms with Gasteiger partial charge >= 0.3 is 0 Å². The van der Waals surface area contributed by atoms with Gasteiger partial charge in [-0.2, -0.15) is 0 Å². The van der Waals surface area contributed by atoms with E-state index in [2.05, 4.69) is 23.7 Å². The van der Waals surface area contributed by atoms with Gasteiger partial charge < -0.3 is 10.2 Å². The number of hydrogen-bond donors (Lipinski definition) is 1. The summed E-state index contributed by atoms with van der Waals surface area (Å²) in [5.41, 5.74) is 1.26. The van der Waals surface area contributed by atoms with Crippen molar-refractivity contribution in [3.63, 3.8) is 0 Å². The van der Waals surface area contributed by atoms with Crippen molar-refractivity contribution < 1.29 is 0 Å². The fourth-order valence-electron chi connectivity index (χ4n) is 2.15. The summed E-state index contributed by atoms with van der Waals surface area (Å²) >= 11 is 0. The van der Waals surface area contributed by atoms with Crippen LogP contribution in [0, 0.1) is 5.92 Å². The fourth-order valence-corrected chi connectivity index (χ4v) is 2.15. The minimum absolute atomic E-state index is 0.832. The van der Waals surface area contributed by atoms with Gasteiger partial charge in [0.2, 0.25) is 0 Å². The number of nitrogens with zero attached hydrogens (tertiary/aromatic N) is 1. The number of hydrogen-bond acceptors (Lipinski definition) is 2. The predicted molar refractivity (Wildman–Crippen MR) is 55.5 cm³/mol. The molecule has 0 amide bonds. The maximum Gasteiger partial charge on any atom is 0.0288 e. The molecule has 2 fully saturated rings. The lowest BCUT2D eigenvalue weighted by Crippen LogP contribution is -2.30. The predicted octanol–water partition coefficient (Wildman–Crippen LogP) is 1.59. The second-order valence-electron chi connectivity index (χ2n) is 4.48. The van der Waals surface area contributed by atoms with E-state index in [-0.39, 0.29) is 0 Å². The molecule has 2 nitrogen and oxygen atoms in total. The Morgan fingerprint density at radius 2 is 2.23 bits per heavy atom. The summed E-state index contributed by atoms with van der Waals surface area (Å²) < 4.78 is 0. The van der Waals surface area contributed by atoms with Gasteiger partial charge in [-0.15, -0.1) is 0 Å². The van der Waals surface area contributed by atoms with Crippen LogP contribution in [0.1, 0.15) is 26.2 Å². The lowest BCUT2D eigenvalue weighted by Gasteiger charge is -2.27. The van der Waals surface area contributed by atoms with Crippen molar-refractivity contribution in [3.8, 4) is 0 Å². The Labute approximate surface area is 81.0 Å². The molecule has 0 aromatic carbocycles. The van der Waals surface area contributed by atoms with Gasteiger partial charge in [0.05, 0.1) is 0 Å². The standard InChI is InChI=1S/C11H20N2/c1-9(2)13(11-3-4-11)8-10-5-6-12-7-10/h10-12H,1,3-8H2,2H3. The second-order valence-corrected chi connectivity index (χ2v) is 4.48. The molecule has 1 heterocycles. The first-order valence-corrected chi connectivity index (χ1v) is 5.40. The summed E-state index contributed by atoms with van der Waals surface area (Å²) in [6, 6.07) is 0.832. The molecule has 1 aliphatic heterocycles. The van der Waals surface area contributed by atoms with Crippen LogP contribution in [0.3, 0.4) is 0 Å². The Balaban J connectivity index is 1.84. The first-order valence-electron chi connectivity index (χ1n) is 5.40. The zero-order valence-electron chi connectivity index (χ0n) is 8.55. The van der Waals surface area contributed by atoms with Crippen LogP contribution in [0.25, 0.3) is 0 Å². The first-order chi connectivity index (χ1) is 6.27. The third-order valence-corrected chi connectivity index (χ3v) is 3.10. The van der Waals surface area contributed by atoms with Crippen molar-refractivity contribution in [2.45, 2.75) is 32.2 Å². The molecular formula is C11H20N2. The van der Waals surface area contributed by atoms with Gasteiger partial charge in [0.25, 0.3) is 0 Å². The van der Waals surface area contributed by atoms with Crippen molar-refractivity contribution in [1.82, 2.24) is 10.2 Å². The molecular weight excluding hydrogens is 160 g/mol. The molecule has 0 aromatic heterocycles. The molecule has 0 spiro atoms. The molecule has 74 valence electrons. The van der Waals surface area contributed by atoms with Crippen molar-refractivity contribution in [1.29, 1.82) is 0 Å². The zero-order chi connectivity index (χ0) is 9.26. The topological polar surface area (TPSA) is 15.3 Å². The molecule has 1 aliphatic carbocycles. The van der Waals surface area contributed by atoms with Gasteiger partial charge in [0.1, 0.15) is 0 Å². The molecule has 2 aliphatic rings. The third kappa shape index (κ3) is 2.25. The molecule has 13 heavy (non-hydrogen) atoms. The van der Waals surface area contributed by atoms with E-state index in [9.17, 15) is 0 Å². The van der Waals surface area contributed by atoms with Crippen LogP contribution in [-0.4, -0.2) is 30.6 Å². The molecule has 0 radical (unpaired) electrons. The van der Waals surface area contributed by atoms with E-state index in [4.69, 9.17) is 0 Å². The van der Waals surface area contributed by atoms with Gasteiger partial charge in [-0.25, -0.2) is 0 Å². The molecule has 2 rings (SSSR count). The van der Waals surface area contributed by atoms with E-state index in [0.717, 1.165) is 12.0 Å². The van der Waals surface area contributed by atoms with E-state index >= 15 is 0 Å². The van der Waals surface area contributed by atoms with Crippen molar-refractivity contribution in [2.75, 3.05) is 19.6 Å². The highest BCUT2D eigenvalue weighted by Gasteiger charge is 2.30. The van der Waals surface area contributed by atoms with Gasteiger partial charge in [0, 0.05) is 18.3 Å². The Morgan fingerprint density at radius 1 is 1.46 bits per heavy atom. The zero-order valence-corrected chi connectivity index (χ0v) is 8.55. The van der Waals surface area contributed by atoms with E-state index in [1.165, 1.54) is 44.6 Å². The number of rotatable bonds is 4. The molecule has 1 saturated carbocycles. The highest BCUT2D eigenvalue weighted by atomic mass is 15.2. The minimum atomic E-state index is 0.832. The smallest absolute Gasteiger partial charge is 0.0288 e. The van der Waals surface area contributed by atoms with Crippen LogP contribution in [0.5, 0.6) is 0 Å². The molecule has 0 aromatic rings. The highest BCUT2D eigenvalue weighted by molar-refractivity contribution is 4.99. The molecule has 1 unspecified atom stereocenters. The maximum absolute atomic E-state index is 4.06. The van der Waals surface area contributed by atoms with Gasteiger partial charge in [-0.3, -0.25) is 0 Å². The van der Waals surface area contributed by atoms with E-state index < -0.39 is 0 Å². The molecule has 0 bridgehead atoms. The third-order valence-electron chi connectivity index (χ3n) is 3.10. The SMILES string of the molecule is C=C(C)N(CC1CCNC1)C1CC1. The van der Waals surface area contributed by atoms with E-state index in [1.54, 1.807) is 0 Å². The van der Waals surface area contributed by atoms with Crippen LogP contribution in [-0.2, 0) is 0 Å². The summed E-state index contributed by atoms with van der Waals surface area (Å²) in [5.74, 6) is 0.859. The Morgan fingerprint density at radius 3 is 2.69 bits per heavy atom. The van der Waals surface area contributed by atoms with E-state index in [0.29, 0.717) is 0 Å². The summed E-state index contributed by atoms with van der Waals surface area (Å²) in [5, 5.41) is 3.42. The van der Waals surface area contributed by atoms with Crippen LogP contribution >= 0.6 is 0 Å². The first kappa shape index (κ1) is 9.07. The van der Waals surface area contributed by atoms with Crippen LogP contribution in [0.15, 0.2) is 12.3 Å². The van der Waals surface area contributed by atoms with Crippen LogP contribution in [0.2, 0.25) is 0 Å². The normalized spacial score (nSPS) is 27.6. The summed E-state index contributed by atoms with van der Waals surface area (Å²) in [6.45, 7) is 9.85. The van der Waals surface area contributed by atoms with E-state index in [1.807, 2.05) is 0 Å². The van der Waals surface area contributed by atoms with Gasteiger partial charge in [0.15, 0.2) is 0 Å². The van der Waals surface area contributed by atoms with Gasteiger partial charge in [-0.05, 0) is 45.2 Å². The number of nitrogens with one attached hydrogen (secondary N) is 1. The average Bonchev–Trinajstić information content (AvgIpc) is 2.79. The lowest BCUT2D eigenvalue weighted by atomic mass is 10.1. The lowest BCUT2D eigenvalue weighted by molar-refractivity contribution is 0.287. The quantitative estimate of drug-likeness (QED) is 0.707. The van der Waals surface area contributed by atoms with Crippen LogP contribution in [0.4, 0.5) is 0 Å². The molecule has 1 N–H and O–H groups in total. The number of allylic oxidation sites excluding steroid dienone is 1. The molecule has 1 saturated heterocycles. The molecule has 1 atom stereocenters. The Kier molecular flexibility index (Phi) is 2.58. The summed E-state index contributed by atoms with van der Waals surface area (Å²) in [7, 11) is 0. The summed E-state index contributed by atoms with van der Waals surface area (Å²) in [6.07, 6.45) is 4.11. The fraction of sp³-hybridized carbons (Fsp3) is 0.818. The Bertz CT molecular complexity index is 190. The van der Waals surface area contributed by atoms with Crippen molar-refractivity contribution in [3.05, 3.63) is 12.3 Å². The van der Waals surface area contributed by atoms with Crippen molar-refractivity contribution in [2.24, 2.45) is 5.92 Å². The summed E-state index contributed by atoms with van der Waals surface area (Å²) in [4.78, 5) is 2.51. The largest absolute Gasteiger partial charge is 0.372 e. The Hall–Kier alpha value is -0.500.